The van der Waals surface area contributed by atoms with Gasteiger partial charge in [-0.3, -0.25) is 0 Å². The monoisotopic (exact) mass is 290 g/mol. The molecule has 0 atom stereocenters. The fraction of sp³-hybridized carbons (Fsp3) is 0.765. The molecule has 0 bridgehead atoms. The molecule has 2 rings (SSSR count). The molecule has 0 amide bonds. The molecule has 0 unspecified atom stereocenters. The van der Waals surface area contributed by atoms with Gasteiger partial charge in [0.05, 0.1) is 0 Å². The van der Waals surface area contributed by atoms with E-state index in [1.54, 1.807) is 0 Å². The van der Waals surface area contributed by atoms with E-state index in [1.165, 1.54) is 38.5 Å². The number of nitrogens with two attached hydrogens (primary N) is 1. The minimum absolute atomic E-state index is 0.542. The summed E-state index contributed by atoms with van der Waals surface area (Å²) in [6.45, 7) is 6.43. The topological polar surface area (TPSA) is 63.8 Å². The summed E-state index contributed by atoms with van der Waals surface area (Å²) in [5.41, 5.74) is 7.02. The number of anilines is 2. The van der Waals surface area contributed by atoms with Crippen LogP contribution >= 0.6 is 0 Å². The number of aryl methyl sites for hydroxylation is 1. The van der Waals surface area contributed by atoms with Crippen LogP contribution in [0.4, 0.5) is 11.6 Å². The van der Waals surface area contributed by atoms with Crippen LogP contribution < -0.4 is 11.1 Å². The first-order valence-electron chi connectivity index (χ1n) is 8.53. The Labute approximate surface area is 128 Å². The van der Waals surface area contributed by atoms with E-state index in [0.29, 0.717) is 11.9 Å². The molecule has 0 spiro atoms. The van der Waals surface area contributed by atoms with Gasteiger partial charge in [0.25, 0.3) is 0 Å². The fourth-order valence-electron chi connectivity index (χ4n) is 3.26. The third-order valence-electron chi connectivity index (χ3n) is 4.59. The Hall–Kier alpha value is -1.32. The molecule has 3 N–H and O–H groups in total. The fourth-order valence-corrected chi connectivity index (χ4v) is 3.26. The molecular formula is C17H30N4. The molecule has 0 saturated heterocycles. The third kappa shape index (κ3) is 4.32. The predicted molar refractivity (Wildman–Crippen MR) is 89.5 cm³/mol. The zero-order valence-corrected chi connectivity index (χ0v) is 13.8. The van der Waals surface area contributed by atoms with Gasteiger partial charge >= 0.3 is 0 Å². The van der Waals surface area contributed by atoms with Crippen LogP contribution in [0.25, 0.3) is 0 Å². The summed E-state index contributed by atoms with van der Waals surface area (Å²) < 4.78 is 0. The van der Waals surface area contributed by atoms with Crippen molar-refractivity contribution >= 4 is 11.6 Å². The lowest BCUT2D eigenvalue weighted by atomic mass is 9.83. The van der Waals surface area contributed by atoms with Gasteiger partial charge in [0.15, 0.2) is 0 Å². The number of nitrogens with zero attached hydrogens (tertiary/aromatic N) is 2. The molecule has 0 aromatic carbocycles. The SMILES string of the molecule is CCCc1nc(N)c(C)c(NC2CCC(CCC)CC2)n1. The van der Waals surface area contributed by atoms with Crippen LogP contribution in [-0.4, -0.2) is 16.0 Å². The molecule has 1 aromatic rings. The lowest BCUT2D eigenvalue weighted by Gasteiger charge is -2.29. The summed E-state index contributed by atoms with van der Waals surface area (Å²) in [4.78, 5) is 9.05. The number of hydrogen-bond donors (Lipinski definition) is 2. The zero-order chi connectivity index (χ0) is 15.2. The van der Waals surface area contributed by atoms with Crippen molar-refractivity contribution in [2.75, 3.05) is 11.1 Å². The molecule has 4 nitrogen and oxygen atoms in total. The Kier molecular flexibility index (Phi) is 5.83. The maximum Gasteiger partial charge on any atom is 0.134 e. The van der Waals surface area contributed by atoms with Crippen molar-refractivity contribution in [1.82, 2.24) is 9.97 Å². The van der Waals surface area contributed by atoms with Crippen LogP contribution in [0.1, 0.15) is 70.2 Å². The summed E-state index contributed by atoms with van der Waals surface area (Å²) in [5.74, 6) is 3.36. The van der Waals surface area contributed by atoms with Crippen LogP contribution in [-0.2, 0) is 6.42 Å². The van der Waals surface area contributed by atoms with Crippen molar-refractivity contribution in [1.29, 1.82) is 0 Å². The maximum atomic E-state index is 6.03. The molecule has 1 saturated carbocycles. The first kappa shape index (κ1) is 16.1. The average molecular weight is 290 g/mol. The molecule has 118 valence electrons. The van der Waals surface area contributed by atoms with Gasteiger partial charge < -0.3 is 11.1 Å². The second kappa shape index (κ2) is 7.62. The van der Waals surface area contributed by atoms with Crippen LogP contribution in [0.3, 0.4) is 0 Å². The van der Waals surface area contributed by atoms with E-state index in [1.807, 2.05) is 6.92 Å². The summed E-state index contributed by atoms with van der Waals surface area (Å²) >= 11 is 0. The molecule has 1 aliphatic rings. The highest BCUT2D eigenvalue weighted by atomic mass is 15.1. The van der Waals surface area contributed by atoms with Gasteiger partial charge in [-0.15, -0.1) is 0 Å². The van der Waals surface area contributed by atoms with Gasteiger partial charge in [-0.2, -0.15) is 0 Å². The van der Waals surface area contributed by atoms with Crippen molar-refractivity contribution in [2.24, 2.45) is 5.92 Å². The highest BCUT2D eigenvalue weighted by molar-refractivity contribution is 5.55. The summed E-state index contributed by atoms with van der Waals surface area (Å²) in [6, 6.07) is 0.542. The minimum Gasteiger partial charge on any atom is -0.383 e. The van der Waals surface area contributed by atoms with E-state index >= 15 is 0 Å². The van der Waals surface area contributed by atoms with Crippen LogP contribution in [0, 0.1) is 12.8 Å². The summed E-state index contributed by atoms with van der Waals surface area (Å²) in [7, 11) is 0. The Morgan fingerprint density at radius 2 is 1.81 bits per heavy atom. The number of rotatable bonds is 6. The maximum absolute atomic E-state index is 6.03. The third-order valence-corrected chi connectivity index (χ3v) is 4.59. The van der Waals surface area contributed by atoms with E-state index < -0.39 is 0 Å². The first-order chi connectivity index (χ1) is 10.1. The second-order valence-corrected chi connectivity index (χ2v) is 6.40. The van der Waals surface area contributed by atoms with Gasteiger partial charge in [-0.25, -0.2) is 9.97 Å². The van der Waals surface area contributed by atoms with Crippen molar-refractivity contribution in [2.45, 2.75) is 78.2 Å². The van der Waals surface area contributed by atoms with E-state index in [4.69, 9.17) is 5.73 Å². The largest absolute Gasteiger partial charge is 0.383 e. The highest BCUT2D eigenvalue weighted by Gasteiger charge is 2.21. The van der Waals surface area contributed by atoms with Crippen LogP contribution in [0.2, 0.25) is 0 Å². The molecule has 0 radical (unpaired) electrons. The quantitative estimate of drug-likeness (QED) is 0.828. The predicted octanol–water partition coefficient (Wildman–Crippen LogP) is 4.09. The molecular weight excluding hydrogens is 260 g/mol. The lowest BCUT2D eigenvalue weighted by molar-refractivity contribution is 0.318. The van der Waals surface area contributed by atoms with Crippen molar-refractivity contribution in [3.05, 3.63) is 11.4 Å². The molecule has 21 heavy (non-hydrogen) atoms. The number of aromatic nitrogens is 2. The van der Waals surface area contributed by atoms with Crippen LogP contribution in [0.5, 0.6) is 0 Å². The Morgan fingerprint density at radius 1 is 1.10 bits per heavy atom. The van der Waals surface area contributed by atoms with E-state index in [9.17, 15) is 0 Å². The normalized spacial score (nSPS) is 22.2. The van der Waals surface area contributed by atoms with Crippen molar-refractivity contribution < 1.29 is 0 Å². The second-order valence-electron chi connectivity index (χ2n) is 6.40. The number of nitrogen functional groups attached to an aromatic ring is 1. The molecule has 0 aliphatic heterocycles. The molecule has 1 aliphatic carbocycles. The zero-order valence-electron chi connectivity index (χ0n) is 13.8. The Bertz CT molecular complexity index is 450. The van der Waals surface area contributed by atoms with E-state index in [-0.39, 0.29) is 0 Å². The number of hydrogen-bond acceptors (Lipinski definition) is 4. The van der Waals surface area contributed by atoms with Crippen molar-refractivity contribution in [3.8, 4) is 0 Å². The Balaban J connectivity index is 1.99. The Morgan fingerprint density at radius 3 is 2.43 bits per heavy atom. The highest BCUT2D eigenvalue weighted by Crippen LogP contribution is 2.30. The van der Waals surface area contributed by atoms with Gasteiger partial charge in [0, 0.05) is 18.0 Å². The van der Waals surface area contributed by atoms with Crippen molar-refractivity contribution in [3.63, 3.8) is 0 Å². The first-order valence-corrected chi connectivity index (χ1v) is 8.53. The van der Waals surface area contributed by atoms with Gasteiger partial charge in [-0.05, 0) is 44.9 Å². The molecule has 1 heterocycles. The average Bonchev–Trinajstić information content (AvgIpc) is 2.47. The molecule has 4 heteroatoms. The van der Waals surface area contributed by atoms with E-state index in [2.05, 4.69) is 29.1 Å². The smallest absolute Gasteiger partial charge is 0.134 e. The molecule has 1 aromatic heterocycles. The summed E-state index contributed by atoms with van der Waals surface area (Å²) in [5, 5.41) is 3.62. The van der Waals surface area contributed by atoms with Crippen LogP contribution in [0.15, 0.2) is 0 Å². The van der Waals surface area contributed by atoms with Gasteiger partial charge in [0.2, 0.25) is 0 Å². The standard InChI is InChI=1S/C17H30N4/c1-4-6-13-8-10-14(11-9-13)19-17-12(3)16(18)20-15(21-17)7-5-2/h13-14H,4-11H2,1-3H3,(H3,18,19,20,21). The van der Waals surface area contributed by atoms with Gasteiger partial charge in [-0.1, -0.05) is 26.7 Å². The minimum atomic E-state index is 0.542. The summed E-state index contributed by atoms with van der Waals surface area (Å²) in [6.07, 6.45) is 9.80. The number of nitrogens with one attached hydrogen (secondary N) is 1. The lowest BCUT2D eigenvalue weighted by Crippen LogP contribution is -2.27. The van der Waals surface area contributed by atoms with Gasteiger partial charge in [0.1, 0.15) is 17.5 Å². The molecule has 1 fully saturated rings. The van der Waals surface area contributed by atoms with E-state index in [0.717, 1.165) is 36.0 Å².